The van der Waals surface area contributed by atoms with Gasteiger partial charge in [-0.15, -0.1) is 0 Å². The Labute approximate surface area is 128 Å². The topological polar surface area (TPSA) is 59.8 Å². The van der Waals surface area contributed by atoms with Gasteiger partial charge in [0.15, 0.2) is 11.2 Å². The van der Waals surface area contributed by atoms with E-state index in [1.807, 2.05) is 6.92 Å². The third kappa shape index (κ3) is 2.90. The first-order chi connectivity index (χ1) is 10.7. The van der Waals surface area contributed by atoms with Crippen LogP contribution < -0.4 is 5.43 Å². The fourth-order valence-electron chi connectivity index (χ4n) is 2.75. The van der Waals surface area contributed by atoms with Gasteiger partial charge in [-0.3, -0.25) is 9.59 Å². The van der Waals surface area contributed by atoms with E-state index in [0.717, 1.165) is 19.4 Å². The van der Waals surface area contributed by atoms with Crippen molar-refractivity contribution in [3.05, 3.63) is 46.3 Å². The standard InChI is InChI=1S/C17H19NO4/c1-2-18(11-12-6-5-9-21-12)17(20)16-10-14(19)13-7-3-4-8-15(13)22-16/h3-4,7-8,10,12H,2,5-6,9,11H2,1H3/t12-/m1/s1. The van der Waals surface area contributed by atoms with Gasteiger partial charge in [-0.2, -0.15) is 0 Å². The monoisotopic (exact) mass is 301 g/mol. The molecule has 0 spiro atoms. The van der Waals surface area contributed by atoms with Gasteiger partial charge in [-0.25, -0.2) is 0 Å². The maximum atomic E-state index is 12.6. The number of amides is 1. The number of hydrogen-bond donors (Lipinski definition) is 0. The number of hydrogen-bond acceptors (Lipinski definition) is 4. The second-order valence-electron chi connectivity index (χ2n) is 5.45. The summed E-state index contributed by atoms with van der Waals surface area (Å²) < 4.78 is 11.2. The number of likely N-dealkylation sites (N-methyl/N-ethyl adjacent to an activating group) is 1. The Hall–Kier alpha value is -2.14. The van der Waals surface area contributed by atoms with Crippen molar-refractivity contribution in [2.24, 2.45) is 0 Å². The summed E-state index contributed by atoms with van der Waals surface area (Å²) in [6.45, 7) is 3.74. The Morgan fingerprint density at radius 2 is 2.18 bits per heavy atom. The third-order valence-electron chi connectivity index (χ3n) is 3.96. The van der Waals surface area contributed by atoms with Crippen molar-refractivity contribution in [1.82, 2.24) is 4.90 Å². The Bertz CT molecular complexity index is 731. The van der Waals surface area contributed by atoms with Gasteiger partial charge < -0.3 is 14.1 Å². The van der Waals surface area contributed by atoms with E-state index in [0.29, 0.717) is 24.1 Å². The minimum absolute atomic E-state index is 0.0797. The van der Waals surface area contributed by atoms with Crippen molar-refractivity contribution in [2.75, 3.05) is 19.7 Å². The van der Waals surface area contributed by atoms with Crippen LogP contribution in [0.3, 0.4) is 0 Å². The van der Waals surface area contributed by atoms with Crippen LogP contribution in [0.4, 0.5) is 0 Å². The molecular weight excluding hydrogens is 282 g/mol. The summed E-state index contributed by atoms with van der Waals surface area (Å²) in [5.74, 6) is -0.176. The molecule has 2 heterocycles. The summed E-state index contributed by atoms with van der Waals surface area (Å²) >= 11 is 0. The number of fused-ring (bicyclic) bond motifs is 1. The molecule has 0 bridgehead atoms. The molecule has 1 aliphatic heterocycles. The molecule has 0 N–H and O–H groups in total. The van der Waals surface area contributed by atoms with Gasteiger partial charge >= 0.3 is 0 Å². The van der Waals surface area contributed by atoms with Gasteiger partial charge in [-0.05, 0) is 31.9 Å². The summed E-state index contributed by atoms with van der Waals surface area (Å²) in [7, 11) is 0. The number of ether oxygens (including phenoxy) is 1. The maximum Gasteiger partial charge on any atom is 0.289 e. The van der Waals surface area contributed by atoms with Crippen LogP contribution in [-0.2, 0) is 4.74 Å². The van der Waals surface area contributed by atoms with E-state index in [4.69, 9.17) is 9.15 Å². The average molecular weight is 301 g/mol. The van der Waals surface area contributed by atoms with Crippen LogP contribution in [0.25, 0.3) is 11.0 Å². The second kappa shape index (κ2) is 6.32. The van der Waals surface area contributed by atoms with E-state index < -0.39 is 0 Å². The smallest absolute Gasteiger partial charge is 0.289 e. The van der Waals surface area contributed by atoms with Crippen molar-refractivity contribution in [3.63, 3.8) is 0 Å². The van der Waals surface area contributed by atoms with E-state index in [2.05, 4.69) is 0 Å². The quantitative estimate of drug-likeness (QED) is 0.870. The normalized spacial score (nSPS) is 17.8. The highest BCUT2D eigenvalue weighted by atomic mass is 16.5. The zero-order chi connectivity index (χ0) is 15.5. The first kappa shape index (κ1) is 14.8. The summed E-state index contributed by atoms with van der Waals surface area (Å²) in [6, 6.07) is 8.23. The van der Waals surface area contributed by atoms with Gasteiger partial charge in [0, 0.05) is 25.8 Å². The Balaban J connectivity index is 1.88. The highest BCUT2D eigenvalue weighted by Crippen LogP contribution is 2.16. The van der Waals surface area contributed by atoms with E-state index in [1.54, 1.807) is 29.2 Å². The molecule has 1 atom stereocenters. The summed E-state index contributed by atoms with van der Waals surface area (Å²) in [5, 5.41) is 0.487. The molecule has 116 valence electrons. The van der Waals surface area contributed by atoms with E-state index in [-0.39, 0.29) is 23.2 Å². The van der Waals surface area contributed by atoms with Crippen LogP contribution in [0.2, 0.25) is 0 Å². The van der Waals surface area contributed by atoms with Gasteiger partial charge in [0.1, 0.15) is 5.58 Å². The molecule has 2 aromatic rings. The summed E-state index contributed by atoms with van der Waals surface area (Å²) in [6.07, 6.45) is 2.07. The number of nitrogens with zero attached hydrogens (tertiary/aromatic N) is 1. The number of carbonyl (C=O) groups is 1. The predicted molar refractivity (Wildman–Crippen MR) is 83.0 cm³/mol. The number of para-hydroxylation sites is 1. The highest BCUT2D eigenvalue weighted by molar-refractivity contribution is 5.93. The van der Waals surface area contributed by atoms with Gasteiger partial charge in [0.2, 0.25) is 0 Å². The van der Waals surface area contributed by atoms with E-state index in [1.165, 1.54) is 6.07 Å². The first-order valence-electron chi connectivity index (χ1n) is 7.63. The molecule has 3 rings (SSSR count). The van der Waals surface area contributed by atoms with Gasteiger partial charge in [-0.1, -0.05) is 12.1 Å². The van der Waals surface area contributed by atoms with E-state index in [9.17, 15) is 9.59 Å². The van der Waals surface area contributed by atoms with E-state index >= 15 is 0 Å². The van der Waals surface area contributed by atoms with Crippen LogP contribution >= 0.6 is 0 Å². The number of rotatable bonds is 4. The molecule has 1 aliphatic rings. The van der Waals surface area contributed by atoms with Crippen LogP contribution in [0, 0.1) is 0 Å². The van der Waals surface area contributed by atoms with Crippen LogP contribution in [0.15, 0.2) is 39.5 Å². The fourth-order valence-corrected chi connectivity index (χ4v) is 2.75. The van der Waals surface area contributed by atoms with Gasteiger partial charge in [0.05, 0.1) is 11.5 Å². The molecule has 0 unspecified atom stereocenters. The van der Waals surface area contributed by atoms with Crippen LogP contribution in [0.5, 0.6) is 0 Å². The van der Waals surface area contributed by atoms with Crippen LogP contribution in [0.1, 0.15) is 30.3 Å². The predicted octanol–water partition coefficient (Wildman–Crippen LogP) is 2.43. The SMILES string of the molecule is CCN(C[C@H]1CCCO1)C(=O)c1cc(=O)c2ccccc2o1. The van der Waals surface area contributed by atoms with Gasteiger partial charge in [0.25, 0.3) is 5.91 Å². The molecule has 0 radical (unpaired) electrons. The minimum Gasteiger partial charge on any atom is -0.451 e. The minimum atomic E-state index is -0.263. The molecule has 1 aromatic carbocycles. The largest absolute Gasteiger partial charge is 0.451 e. The highest BCUT2D eigenvalue weighted by Gasteiger charge is 2.24. The third-order valence-corrected chi connectivity index (χ3v) is 3.96. The lowest BCUT2D eigenvalue weighted by molar-refractivity contribution is 0.0516. The number of benzene rings is 1. The average Bonchev–Trinajstić information content (AvgIpc) is 3.05. The first-order valence-corrected chi connectivity index (χ1v) is 7.63. The Kier molecular flexibility index (Phi) is 4.24. The lowest BCUT2D eigenvalue weighted by Crippen LogP contribution is -2.37. The fraction of sp³-hybridized carbons (Fsp3) is 0.412. The van der Waals surface area contributed by atoms with Crippen molar-refractivity contribution >= 4 is 16.9 Å². The second-order valence-corrected chi connectivity index (χ2v) is 5.45. The van der Waals surface area contributed by atoms with Crippen molar-refractivity contribution < 1.29 is 13.9 Å². The van der Waals surface area contributed by atoms with Crippen molar-refractivity contribution in [1.29, 1.82) is 0 Å². The molecule has 0 saturated carbocycles. The number of carbonyl (C=O) groups excluding carboxylic acids is 1. The van der Waals surface area contributed by atoms with Crippen molar-refractivity contribution in [2.45, 2.75) is 25.9 Å². The summed E-state index contributed by atoms with van der Waals surface area (Å²) in [5.41, 5.74) is 0.241. The Morgan fingerprint density at radius 3 is 2.91 bits per heavy atom. The zero-order valence-electron chi connectivity index (χ0n) is 12.6. The van der Waals surface area contributed by atoms with Crippen LogP contribution in [-0.4, -0.2) is 36.6 Å². The zero-order valence-corrected chi connectivity index (χ0v) is 12.6. The Morgan fingerprint density at radius 1 is 1.36 bits per heavy atom. The lowest BCUT2D eigenvalue weighted by Gasteiger charge is -2.23. The molecule has 22 heavy (non-hydrogen) atoms. The molecule has 1 fully saturated rings. The molecule has 1 aromatic heterocycles. The maximum absolute atomic E-state index is 12.6. The molecule has 0 aliphatic carbocycles. The lowest BCUT2D eigenvalue weighted by atomic mass is 10.2. The molecule has 1 amide bonds. The molecule has 1 saturated heterocycles. The molecule has 5 nitrogen and oxygen atoms in total. The van der Waals surface area contributed by atoms with Crippen molar-refractivity contribution in [3.8, 4) is 0 Å². The molecule has 5 heteroatoms. The summed E-state index contributed by atoms with van der Waals surface area (Å²) in [4.78, 5) is 26.4. The molecular formula is C17H19NO4.